The van der Waals surface area contributed by atoms with Crippen LogP contribution < -0.4 is 0 Å². The molecule has 0 saturated carbocycles. The summed E-state index contributed by atoms with van der Waals surface area (Å²) in [6, 6.07) is 24.0. The number of hydrogen-bond donors (Lipinski definition) is 1. The maximum Gasteiger partial charge on any atom is 0.119 e. The standard InChI is InChI=1S/C26H24O/c1-23-16-10-5-6-11-17(16)24(2)20-14-9-15-21(27)22(20)25(3,26(23,24)4)19-13-8-7-12-18(19)23/h5-15,27H,1-4H3/t23-,24+,25-,26+/m1/s1. The maximum absolute atomic E-state index is 11.1. The molecule has 1 N–H and O–H groups in total. The molecule has 3 aliphatic carbocycles. The van der Waals surface area contributed by atoms with Gasteiger partial charge in [-0.2, -0.15) is 0 Å². The van der Waals surface area contributed by atoms with Crippen LogP contribution in [-0.4, -0.2) is 5.11 Å². The monoisotopic (exact) mass is 352 g/mol. The van der Waals surface area contributed by atoms with Crippen molar-refractivity contribution in [1.82, 2.24) is 0 Å². The van der Waals surface area contributed by atoms with Crippen LogP contribution in [0, 0.1) is 5.41 Å². The molecule has 4 atom stereocenters. The van der Waals surface area contributed by atoms with Gasteiger partial charge in [-0.15, -0.1) is 0 Å². The quantitative estimate of drug-likeness (QED) is 0.554. The SMILES string of the molecule is C[C@@]12c3ccccc3[C@@]3(C)c4cccc(O)c4[C@@](C)(c4ccccc41)[C@@]23C. The summed E-state index contributed by atoms with van der Waals surface area (Å²) in [5.41, 5.74) is 7.47. The molecule has 3 aromatic rings. The van der Waals surface area contributed by atoms with Crippen LogP contribution in [0.2, 0.25) is 0 Å². The minimum atomic E-state index is -0.243. The fourth-order valence-electron chi connectivity index (χ4n) is 7.71. The fourth-order valence-corrected chi connectivity index (χ4v) is 7.71. The lowest BCUT2D eigenvalue weighted by Gasteiger charge is -2.49. The van der Waals surface area contributed by atoms with E-state index in [2.05, 4.69) is 82.3 Å². The molecule has 3 aromatic carbocycles. The molecule has 0 spiro atoms. The van der Waals surface area contributed by atoms with Crippen LogP contribution >= 0.6 is 0 Å². The molecule has 1 heteroatoms. The second-order valence-electron chi connectivity index (χ2n) is 9.29. The van der Waals surface area contributed by atoms with Crippen molar-refractivity contribution >= 4 is 0 Å². The van der Waals surface area contributed by atoms with Gasteiger partial charge in [0.05, 0.1) is 0 Å². The zero-order chi connectivity index (χ0) is 18.8. The Hall–Kier alpha value is -2.54. The van der Waals surface area contributed by atoms with E-state index in [1.54, 1.807) is 0 Å². The van der Waals surface area contributed by atoms with E-state index in [-0.39, 0.29) is 21.7 Å². The summed E-state index contributed by atoms with van der Waals surface area (Å²) in [6.07, 6.45) is 0. The third-order valence-electron chi connectivity index (χ3n) is 9.09. The van der Waals surface area contributed by atoms with Crippen molar-refractivity contribution in [2.24, 2.45) is 5.41 Å². The number of rotatable bonds is 0. The molecule has 0 heterocycles. The van der Waals surface area contributed by atoms with Gasteiger partial charge in [0.1, 0.15) is 5.75 Å². The Labute approximate surface area is 160 Å². The summed E-state index contributed by atoms with van der Waals surface area (Å²) in [6.45, 7) is 9.68. The predicted octanol–water partition coefficient (Wildman–Crippen LogP) is 5.66. The molecular weight excluding hydrogens is 328 g/mol. The largest absolute Gasteiger partial charge is 0.508 e. The molecule has 0 unspecified atom stereocenters. The van der Waals surface area contributed by atoms with Crippen LogP contribution in [0.4, 0.5) is 0 Å². The zero-order valence-electron chi connectivity index (χ0n) is 16.3. The third kappa shape index (κ3) is 1.16. The molecule has 0 fully saturated rings. The van der Waals surface area contributed by atoms with Gasteiger partial charge >= 0.3 is 0 Å². The van der Waals surface area contributed by atoms with Crippen molar-refractivity contribution in [2.75, 3.05) is 0 Å². The van der Waals surface area contributed by atoms with Crippen LogP contribution in [0.5, 0.6) is 5.75 Å². The van der Waals surface area contributed by atoms with Crippen LogP contribution in [0.15, 0.2) is 66.7 Å². The molecule has 0 aliphatic heterocycles. The number of benzene rings is 3. The number of fused-ring (bicyclic) bond motifs is 9. The van der Waals surface area contributed by atoms with E-state index in [1.165, 1.54) is 27.8 Å². The van der Waals surface area contributed by atoms with Crippen molar-refractivity contribution in [3.8, 4) is 5.75 Å². The van der Waals surface area contributed by atoms with E-state index < -0.39 is 0 Å². The molecule has 0 saturated heterocycles. The Kier molecular flexibility index (Phi) is 2.38. The van der Waals surface area contributed by atoms with Crippen LogP contribution in [0.25, 0.3) is 0 Å². The maximum atomic E-state index is 11.1. The van der Waals surface area contributed by atoms with E-state index in [1.807, 2.05) is 12.1 Å². The van der Waals surface area contributed by atoms with Gasteiger partial charge in [0.15, 0.2) is 0 Å². The number of phenols is 1. The molecule has 0 amide bonds. The van der Waals surface area contributed by atoms with Gasteiger partial charge in [0, 0.05) is 27.2 Å². The van der Waals surface area contributed by atoms with E-state index in [0.717, 1.165) is 5.56 Å². The summed E-state index contributed by atoms with van der Waals surface area (Å²) in [7, 11) is 0. The molecule has 0 aromatic heterocycles. The van der Waals surface area contributed by atoms with Crippen molar-refractivity contribution < 1.29 is 5.11 Å². The van der Waals surface area contributed by atoms with Crippen molar-refractivity contribution in [3.05, 3.63) is 100 Å². The van der Waals surface area contributed by atoms with Gasteiger partial charge in [-0.05, 0) is 33.9 Å². The molecule has 6 rings (SSSR count). The van der Waals surface area contributed by atoms with Crippen molar-refractivity contribution in [3.63, 3.8) is 0 Å². The van der Waals surface area contributed by atoms with Crippen molar-refractivity contribution in [2.45, 2.75) is 43.9 Å². The summed E-state index contributed by atoms with van der Waals surface area (Å²) in [5.74, 6) is 0.434. The summed E-state index contributed by atoms with van der Waals surface area (Å²) in [4.78, 5) is 0. The highest BCUT2D eigenvalue weighted by atomic mass is 16.3. The predicted molar refractivity (Wildman–Crippen MR) is 108 cm³/mol. The first-order valence-corrected chi connectivity index (χ1v) is 9.87. The smallest absolute Gasteiger partial charge is 0.119 e. The Morgan fingerprint density at radius 3 is 1.44 bits per heavy atom. The summed E-state index contributed by atoms with van der Waals surface area (Å²) < 4.78 is 0. The van der Waals surface area contributed by atoms with Gasteiger partial charge in [-0.1, -0.05) is 88.4 Å². The molecular formula is C26H24O. The topological polar surface area (TPSA) is 20.2 Å². The highest BCUT2D eigenvalue weighted by Gasteiger charge is 2.80. The second kappa shape index (κ2) is 4.14. The van der Waals surface area contributed by atoms with E-state index in [9.17, 15) is 5.11 Å². The van der Waals surface area contributed by atoms with Gasteiger partial charge in [-0.25, -0.2) is 0 Å². The lowest BCUT2D eigenvalue weighted by molar-refractivity contribution is 0.0989. The summed E-state index contributed by atoms with van der Waals surface area (Å²) >= 11 is 0. The lowest BCUT2D eigenvalue weighted by Crippen LogP contribution is -2.51. The van der Waals surface area contributed by atoms with Gasteiger partial charge < -0.3 is 5.11 Å². The van der Waals surface area contributed by atoms with E-state index >= 15 is 0 Å². The highest BCUT2D eigenvalue weighted by molar-refractivity contribution is 5.77. The molecule has 27 heavy (non-hydrogen) atoms. The number of hydrogen-bond acceptors (Lipinski definition) is 1. The third-order valence-corrected chi connectivity index (χ3v) is 9.09. The van der Waals surface area contributed by atoms with Crippen LogP contribution in [-0.2, 0) is 16.2 Å². The minimum Gasteiger partial charge on any atom is -0.508 e. The first-order chi connectivity index (χ1) is 12.8. The average Bonchev–Trinajstić information content (AvgIpc) is 3.05. The van der Waals surface area contributed by atoms with Crippen LogP contribution in [0.3, 0.4) is 0 Å². The van der Waals surface area contributed by atoms with Crippen LogP contribution in [0.1, 0.15) is 61.1 Å². The Morgan fingerprint density at radius 2 is 0.926 bits per heavy atom. The minimum absolute atomic E-state index is 0.0957. The van der Waals surface area contributed by atoms with Gasteiger partial charge in [0.25, 0.3) is 0 Å². The molecule has 0 radical (unpaired) electrons. The number of aromatic hydroxyl groups is 1. The molecule has 3 aliphatic rings. The Balaban J connectivity index is 1.94. The molecule has 1 nitrogen and oxygen atoms in total. The number of phenolic OH excluding ortho intramolecular Hbond substituents is 1. The first-order valence-electron chi connectivity index (χ1n) is 9.87. The second-order valence-corrected chi connectivity index (χ2v) is 9.29. The highest BCUT2D eigenvalue weighted by Crippen LogP contribution is 2.82. The Bertz CT molecular complexity index is 1150. The van der Waals surface area contributed by atoms with E-state index in [4.69, 9.17) is 0 Å². The lowest BCUT2D eigenvalue weighted by atomic mass is 9.52. The first kappa shape index (κ1) is 15.5. The Morgan fingerprint density at radius 1 is 0.519 bits per heavy atom. The molecule has 134 valence electrons. The van der Waals surface area contributed by atoms with E-state index in [0.29, 0.717) is 5.75 Å². The zero-order valence-corrected chi connectivity index (χ0v) is 16.3. The van der Waals surface area contributed by atoms with Crippen molar-refractivity contribution in [1.29, 1.82) is 0 Å². The fraction of sp³-hybridized carbons (Fsp3) is 0.308. The van der Waals surface area contributed by atoms with Gasteiger partial charge in [0.2, 0.25) is 0 Å². The summed E-state index contributed by atoms with van der Waals surface area (Å²) in [5, 5.41) is 11.1. The normalized spacial score (nSPS) is 36.9. The average molecular weight is 352 g/mol. The molecule has 0 bridgehead atoms. The van der Waals surface area contributed by atoms with Gasteiger partial charge in [-0.3, -0.25) is 0 Å².